The van der Waals surface area contributed by atoms with Gasteiger partial charge in [-0.2, -0.15) is 0 Å². The molecule has 2 heteroatoms. The van der Waals surface area contributed by atoms with Crippen LogP contribution in [-0.4, -0.2) is 7.11 Å². The molecule has 0 aromatic heterocycles. The number of allylic oxidation sites excluding steroid dienone is 1. The fourth-order valence-corrected chi connectivity index (χ4v) is 0.249. The summed E-state index contributed by atoms with van der Waals surface area (Å²) in [5.41, 5.74) is 3.56. The van der Waals surface area contributed by atoms with Crippen molar-refractivity contribution in [1.82, 2.24) is 5.48 Å². The van der Waals surface area contributed by atoms with Crippen LogP contribution in [0.15, 0.2) is 12.3 Å². The lowest BCUT2D eigenvalue weighted by atomic mass is 10.2. The summed E-state index contributed by atoms with van der Waals surface area (Å²) in [4.78, 5) is 4.62. The van der Waals surface area contributed by atoms with Gasteiger partial charge in [0.2, 0.25) is 0 Å². The number of hydrogen-bond acceptors (Lipinski definition) is 2. The Kier molecular flexibility index (Phi) is 3.28. The first-order valence-corrected chi connectivity index (χ1v) is 2.66. The number of hydroxylamine groups is 1. The minimum atomic E-state index is 0.440. The molecule has 0 aliphatic heterocycles. The van der Waals surface area contributed by atoms with Crippen LogP contribution in [0.5, 0.6) is 0 Å². The van der Waals surface area contributed by atoms with Crippen LogP contribution < -0.4 is 5.48 Å². The maximum absolute atomic E-state index is 4.62. The third kappa shape index (κ3) is 2.64. The van der Waals surface area contributed by atoms with Crippen LogP contribution >= 0.6 is 0 Å². The van der Waals surface area contributed by atoms with Gasteiger partial charge in [-0.1, -0.05) is 20.4 Å². The summed E-state index contributed by atoms with van der Waals surface area (Å²) in [5.74, 6) is 0.440. The van der Waals surface area contributed by atoms with E-state index in [-0.39, 0.29) is 0 Å². The molecule has 0 unspecified atom stereocenters. The fourth-order valence-electron chi connectivity index (χ4n) is 0.249. The highest BCUT2D eigenvalue weighted by molar-refractivity contribution is 4.90. The summed E-state index contributed by atoms with van der Waals surface area (Å²) in [6, 6.07) is 0. The zero-order valence-electron chi connectivity index (χ0n) is 5.69. The van der Waals surface area contributed by atoms with Gasteiger partial charge < -0.3 is 0 Å². The topological polar surface area (TPSA) is 21.3 Å². The van der Waals surface area contributed by atoms with E-state index in [1.807, 2.05) is 13.8 Å². The lowest BCUT2D eigenvalue weighted by molar-refractivity contribution is 0.110. The molecule has 0 aromatic carbocycles. The van der Waals surface area contributed by atoms with Gasteiger partial charge in [-0.05, 0) is 5.92 Å². The molecule has 0 aliphatic carbocycles. The van der Waals surface area contributed by atoms with Crippen LogP contribution in [0, 0.1) is 5.92 Å². The van der Waals surface area contributed by atoms with Crippen molar-refractivity contribution >= 4 is 0 Å². The Labute approximate surface area is 50.5 Å². The van der Waals surface area contributed by atoms with Crippen LogP contribution in [0.25, 0.3) is 0 Å². The predicted octanol–water partition coefficient (Wildman–Crippen LogP) is 1.31. The summed E-state index contributed by atoms with van der Waals surface area (Å²) in [6.07, 6.45) is 0. The molecule has 2 nitrogen and oxygen atoms in total. The maximum Gasteiger partial charge on any atom is 0.0636 e. The standard InChI is InChI=1S/C6H13NO/c1-5(2)6(3)7-8-4/h5,7H,3H2,1-2,4H3. The first-order chi connectivity index (χ1) is 3.68. The second-order valence-electron chi connectivity index (χ2n) is 1.99. The molecule has 8 heavy (non-hydrogen) atoms. The molecule has 0 radical (unpaired) electrons. The summed E-state index contributed by atoms with van der Waals surface area (Å²) in [6.45, 7) is 7.81. The van der Waals surface area contributed by atoms with Gasteiger partial charge in [0.25, 0.3) is 0 Å². The van der Waals surface area contributed by atoms with E-state index >= 15 is 0 Å². The first-order valence-electron chi connectivity index (χ1n) is 2.66. The average molecular weight is 115 g/mol. The predicted molar refractivity (Wildman–Crippen MR) is 34.1 cm³/mol. The Balaban J connectivity index is 3.33. The Morgan fingerprint density at radius 1 is 1.62 bits per heavy atom. The minimum absolute atomic E-state index is 0.440. The van der Waals surface area contributed by atoms with Gasteiger partial charge >= 0.3 is 0 Å². The Hall–Kier alpha value is -0.500. The van der Waals surface area contributed by atoms with Crippen molar-refractivity contribution in [1.29, 1.82) is 0 Å². The van der Waals surface area contributed by atoms with Crippen molar-refractivity contribution in [3.05, 3.63) is 12.3 Å². The van der Waals surface area contributed by atoms with Crippen molar-refractivity contribution in [2.24, 2.45) is 5.92 Å². The van der Waals surface area contributed by atoms with Crippen molar-refractivity contribution < 1.29 is 4.84 Å². The molecule has 0 rings (SSSR count). The number of hydrogen-bond donors (Lipinski definition) is 1. The maximum atomic E-state index is 4.62. The SMILES string of the molecule is C=C(NOC)C(C)C. The molecular weight excluding hydrogens is 102 g/mol. The molecule has 0 heterocycles. The third-order valence-corrected chi connectivity index (χ3v) is 0.930. The number of nitrogens with one attached hydrogen (secondary N) is 1. The molecule has 0 atom stereocenters. The molecule has 1 N–H and O–H groups in total. The fraction of sp³-hybridized carbons (Fsp3) is 0.667. The molecule has 0 saturated carbocycles. The van der Waals surface area contributed by atoms with Gasteiger partial charge in [-0.25, -0.2) is 0 Å². The van der Waals surface area contributed by atoms with Gasteiger partial charge in [-0.15, -0.1) is 0 Å². The largest absolute Gasteiger partial charge is 0.280 e. The van der Waals surface area contributed by atoms with Crippen LogP contribution in [-0.2, 0) is 4.84 Å². The Morgan fingerprint density at radius 2 is 2.12 bits per heavy atom. The summed E-state index contributed by atoms with van der Waals surface area (Å²) in [5, 5.41) is 0. The second-order valence-corrected chi connectivity index (χ2v) is 1.99. The van der Waals surface area contributed by atoms with Crippen molar-refractivity contribution in [2.75, 3.05) is 7.11 Å². The molecule has 0 bridgehead atoms. The van der Waals surface area contributed by atoms with Crippen molar-refractivity contribution in [3.8, 4) is 0 Å². The zero-order valence-corrected chi connectivity index (χ0v) is 5.69. The van der Waals surface area contributed by atoms with Gasteiger partial charge in [0.1, 0.15) is 0 Å². The first kappa shape index (κ1) is 7.50. The smallest absolute Gasteiger partial charge is 0.0636 e. The van der Waals surface area contributed by atoms with E-state index in [9.17, 15) is 0 Å². The van der Waals surface area contributed by atoms with Gasteiger partial charge in [-0.3, -0.25) is 10.3 Å². The Bertz CT molecular complexity index is 78.6. The lowest BCUT2D eigenvalue weighted by Gasteiger charge is -2.08. The van der Waals surface area contributed by atoms with E-state index in [1.54, 1.807) is 7.11 Å². The summed E-state index contributed by atoms with van der Waals surface area (Å²) >= 11 is 0. The molecule has 0 aromatic rings. The third-order valence-electron chi connectivity index (χ3n) is 0.930. The normalized spacial score (nSPS) is 9.50. The van der Waals surface area contributed by atoms with E-state index in [1.165, 1.54) is 0 Å². The second kappa shape index (κ2) is 3.50. The molecule has 0 aliphatic rings. The van der Waals surface area contributed by atoms with E-state index in [0.29, 0.717) is 5.92 Å². The van der Waals surface area contributed by atoms with Crippen LogP contribution in [0.4, 0.5) is 0 Å². The summed E-state index contributed by atoms with van der Waals surface area (Å²) < 4.78 is 0. The van der Waals surface area contributed by atoms with Crippen molar-refractivity contribution in [2.45, 2.75) is 13.8 Å². The highest BCUT2D eigenvalue weighted by atomic mass is 16.6. The highest BCUT2D eigenvalue weighted by Gasteiger charge is 1.95. The molecular formula is C6H13NO. The molecule has 0 fully saturated rings. The zero-order chi connectivity index (χ0) is 6.57. The van der Waals surface area contributed by atoms with Gasteiger partial charge in [0.05, 0.1) is 7.11 Å². The van der Waals surface area contributed by atoms with E-state index in [2.05, 4.69) is 16.9 Å². The Morgan fingerprint density at radius 3 is 2.25 bits per heavy atom. The van der Waals surface area contributed by atoms with Crippen LogP contribution in [0.1, 0.15) is 13.8 Å². The van der Waals surface area contributed by atoms with Crippen LogP contribution in [0.3, 0.4) is 0 Å². The quantitative estimate of drug-likeness (QED) is 0.560. The molecule has 0 amide bonds. The van der Waals surface area contributed by atoms with E-state index in [4.69, 9.17) is 0 Å². The average Bonchev–Trinajstić information content (AvgIpc) is 1.67. The monoisotopic (exact) mass is 115 g/mol. The van der Waals surface area contributed by atoms with Gasteiger partial charge in [0.15, 0.2) is 0 Å². The molecule has 0 saturated heterocycles. The van der Waals surface area contributed by atoms with E-state index in [0.717, 1.165) is 5.70 Å². The van der Waals surface area contributed by atoms with E-state index < -0.39 is 0 Å². The minimum Gasteiger partial charge on any atom is -0.280 e. The highest BCUT2D eigenvalue weighted by Crippen LogP contribution is 2.00. The number of rotatable bonds is 3. The van der Waals surface area contributed by atoms with Crippen LogP contribution in [0.2, 0.25) is 0 Å². The molecule has 0 spiro atoms. The summed E-state index contributed by atoms with van der Waals surface area (Å²) in [7, 11) is 1.58. The van der Waals surface area contributed by atoms with Crippen molar-refractivity contribution in [3.63, 3.8) is 0 Å². The van der Waals surface area contributed by atoms with Gasteiger partial charge in [0, 0.05) is 5.70 Å². The lowest BCUT2D eigenvalue weighted by Crippen LogP contribution is -2.14. The molecule has 48 valence electrons.